The lowest BCUT2D eigenvalue weighted by molar-refractivity contribution is 0.0634. The molecule has 0 radical (unpaired) electrons. The lowest BCUT2D eigenvalue weighted by atomic mass is 10.1. The second-order valence-corrected chi connectivity index (χ2v) is 31.8. The number of halogens is 2. The number of nitrogen functional groups attached to an aromatic ring is 2. The average Bonchev–Trinajstić information content (AvgIpc) is 1.64. The summed E-state index contributed by atoms with van der Waals surface area (Å²) in [7, 11) is 0. The van der Waals surface area contributed by atoms with Crippen LogP contribution in [-0.4, -0.2) is 126 Å². The molecular formula is C103H97F2N17O8. The number of nitrogens with zero attached hydrogens (tertiary/aromatic N) is 13. The van der Waals surface area contributed by atoms with Crippen LogP contribution in [0.1, 0.15) is 156 Å². The molecule has 2 aliphatic rings. The molecule has 16 rings (SSSR count). The van der Waals surface area contributed by atoms with Crippen molar-refractivity contribution in [2.45, 2.75) is 104 Å². The van der Waals surface area contributed by atoms with Gasteiger partial charge in [-0.2, -0.15) is 0 Å². The Morgan fingerprint density at radius 2 is 0.608 bits per heavy atom. The van der Waals surface area contributed by atoms with E-state index in [4.69, 9.17) is 30.9 Å². The second kappa shape index (κ2) is 44.2. The largest absolute Gasteiger partial charge is 0.494 e. The summed E-state index contributed by atoms with van der Waals surface area (Å²) in [6.45, 7) is 7.62. The molecule has 9 heterocycles. The first-order chi connectivity index (χ1) is 63.4. The number of ether oxygens (including phenoxy) is 2. The van der Waals surface area contributed by atoms with Crippen LogP contribution in [0.25, 0.3) is 0 Å². The highest BCUT2D eigenvalue weighted by atomic mass is 19.1. The topological polar surface area (TPSA) is 307 Å². The van der Waals surface area contributed by atoms with Crippen LogP contribution >= 0.6 is 0 Å². The number of aromatic nitrogens is 7. The van der Waals surface area contributed by atoms with Gasteiger partial charge in [-0.05, 0) is 235 Å². The van der Waals surface area contributed by atoms with Crippen molar-refractivity contribution in [2.24, 2.45) is 0 Å². The number of benzene rings is 7. The molecule has 0 atom stereocenters. The molecule has 6 amide bonds. The zero-order valence-electron chi connectivity index (χ0n) is 71.6. The Balaban J connectivity index is 0.000000207. The number of fused-ring (bicyclic) bond motifs is 2. The van der Waals surface area contributed by atoms with Gasteiger partial charge in [0.05, 0.1) is 75.3 Å². The van der Waals surface area contributed by atoms with Crippen LogP contribution in [-0.2, 0) is 78.5 Å². The quantitative estimate of drug-likeness (QED) is 0.0205. The number of pyridine rings is 7. The van der Waals surface area contributed by atoms with Gasteiger partial charge in [-0.3, -0.25) is 73.1 Å². The minimum atomic E-state index is -0.439. The van der Waals surface area contributed by atoms with Crippen LogP contribution in [0.2, 0.25) is 0 Å². The molecule has 14 aromatic rings. The number of amides is 6. The number of nitrogens with one attached hydrogen (secondary N) is 2. The number of unbranched alkanes of at least 4 members (excludes halogenated alkanes) is 2. The molecule has 25 nitrogen and oxygen atoms in total. The summed E-state index contributed by atoms with van der Waals surface area (Å²) in [6, 6.07) is 87.1. The minimum Gasteiger partial charge on any atom is -0.494 e. The van der Waals surface area contributed by atoms with Crippen molar-refractivity contribution in [1.82, 2.24) is 64.3 Å². The van der Waals surface area contributed by atoms with Crippen molar-refractivity contribution < 1.29 is 47.0 Å². The van der Waals surface area contributed by atoms with E-state index in [0.29, 0.717) is 198 Å². The van der Waals surface area contributed by atoms with Gasteiger partial charge < -0.3 is 31.6 Å². The number of imide groups is 2. The third-order valence-corrected chi connectivity index (χ3v) is 21.6. The van der Waals surface area contributed by atoms with Gasteiger partial charge in [0, 0.05) is 121 Å². The predicted molar refractivity (Wildman–Crippen MR) is 491 cm³/mol. The number of hydrogen-bond donors (Lipinski definition) is 4. The molecule has 0 fully saturated rings. The second-order valence-electron chi connectivity index (χ2n) is 31.8. The molecule has 6 N–H and O–H groups in total. The minimum absolute atomic E-state index is 0.235. The van der Waals surface area contributed by atoms with Gasteiger partial charge in [0.15, 0.2) is 0 Å². The first-order valence-electron chi connectivity index (χ1n) is 43.0. The van der Waals surface area contributed by atoms with Gasteiger partial charge >= 0.3 is 0 Å². The molecule has 7 aromatic carbocycles. The van der Waals surface area contributed by atoms with Crippen molar-refractivity contribution in [3.63, 3.8) is 0 Å². The molecule has 0 saturated carbocycles. The first kappa shape index (κ1) is 89.5. The van der Waals surface area contributed by atoms with Crippen molar-refractivity contribution in [1.29, 1.82) is 0 Å². The van der Waals surface area contributed by atoms with E-state index in [1.807, 2.05) is 128 Å². The van der Waals surface area contributed by atoms with E-state index in [0.717, 1.165) is 56.5 Å². The van der Waals surface area contributed by atoms with Gasteiger partial charge in [-0.1, -0.05) is 109 Å². The Bertz CT molecular complexity index is 5880. The lowest BCUT2D eigenvalue weighted by Gasteiger charge is -2.25. The summed E-state index contributed by atoms with van der Waals surface area (Å²) in [5, 5.41) is 5.66. The maximum Gasteiger partial charge on any atom is 0.261 e. The number of rotatable bonds is 40. The zero-order valence-corrected chi connectivity index (χ0v) is 71.6. The van der Waals surface area contributed by atoms with E-state index in [9.17, 15) is 37.5 Å². The van der Waals surface area contributed by atoms with Gasteiger partial charge in [0.25, 0.3) is 35.4 Å². The molecule has 0 aliphatic carbocycles. The maximum atomic E-state index is 13.6. The van der Waals surface area contributed by atoms with Crippen LogP contribution in [0.3, 0.4) is 0 Å². The SMILES string of the molecule is Nc1cccc(CN(Cc2ccccc2)Cc2cc(CN(Cc3ccccn3)Cc3cccc(N)n3)cc(OCCCCN3C(=O)c4ccccc4C3=O)c2)n1.O=C(Nc1cccc(CN(Cc2cc(CN(Cc3ccccn3)Cc3cccc(NC(=O)c4ccc(F)cc4)n3)cc(OCCCCN3C(=O)c4ccccc4C3=O)c2)Cc2ccccn2)n1)c1ccc(F)cc1. The van der Waals surface area contributed by atoms with E-state index >= 15 is 0 Å². The summed E-state index contributed by atoms with van der Waals surface area (Å²) in [6.07, 6.45) is 7.72. The molecule has 0 bridgehead atoms. The van der Waals surface area contributed by atoms with Crippen LogP contribution in [0.4, 0.5) is 32.1 Å². The van der Waals surface area contributed by atoms with Crippen molar-refractivity contribution >= 4 is 58.7 Å². The molecule has 27 heteroatoms. The van der Waals surface area contributed by atoms with Crippen LogP contribution in [0, 0.1) is 11.6 Å². The molecule has 656 valence electrons. The first-order valence-corrected chi connectivity index (χ1v) is 43.0. The highest BCUT2D eigenvalue weighted by Crippen LogP contribution is 2.30. The Labute approximate surface area is 752 Å². The normalized spacial score (nSPS) is 12.2. The van der Waals surface area contributed by atoms with Crippen LogP contribution in [0.5, 0.6) is 11.5 Å². The molecule has 7 aromatic heterocycles. The predicted octanol–water partition coefficient (Wildman–Crippen LogP) is 16.8. The third-order valence-electron chi connectivity index (χ3n) is 21.6. The van der Waals surface area contributed by atoms with Gasteiger partial charge in [-0.25, -0.2) is 28.7 Å². The summed E-state index contributed by atoms with van der Waals surface area (Å²) >= 11 is 0. The molecular weight excluding hydrogens is 1640 g/mol. The standard InChI is InChI=1S/C58H51F2N9O5.C45H46N8O3/c59-44-23-19-42(20-24-44)55(70)65-53-17-9-13-48(63-53)38-67(36-46-11-3-5-27-61-46)34-40-31-41(33-50(32-40)74-30-8-7-29-69-57(72)51-15-1-2-16-52(51)58(69)73)35-68(37-47-12-4-6-28-62-47)39-49-14-10-18-54(64-49)66-56(71)43-21-25-45(60)26-22-43;46-42-19-10-15-37(49-42)31-51(27-33-12-2-1-3-13-33)28-34-24-35(29-52(30-36-14-6-7-21-48-36)32-38-16-11-20-43(47)50-38)26-39(25-34)56-23-9-8-22-53-44(54)40-17-4-5-18-41(40)45(53)55/h1-6,9-28,31-33H,7-8,29-30,34-39H2,(H,63,65,70)(H,64,66,71);1-7,10-21,24-26H,8-9,22-23,27-32H2,(H2,46,49)(H2,47,50). The highest BCUT2D eigenvalue weighted by Gasteiger charge is 2.36. The number of hydrogen-bond acceptors (Lipinski definition) is 21. The molecule has 2 aliphatic heterocycles. The highest BCUT2D eigenvalue weighted by molar-refractivity contribution is 6.22. The van der Waals surface area contributed by atoms with E-state index < -0.39 is 23.4 Å². The Kier molecular flexibility index (Phi) is 30.5. The van der Waals surface area contributed by atoms with Crippen molar-refractivity contribution in [2.75, 3.05) is 48.4 Å². The molecule has 130 heavy (non-hydrogen) atoms. The fourth-order valence-electron chi connectivity index (χ4n) is 15.6. The third kappa shape index (κ3) is 25.5. The van der Waals surface area contributed by atoms with Crippen LogP contribution in [0.15, 0.2) is 310 Å². The number of anilines is 4. The van der Waals surface area contributed by atoms with Crippen LogP contribution < -0.4 is 31.6 Å². The summed E-state index contributed by atoms with van der Waals surface area (Å²) in [4.78, 5) is 122. The maximum absolute atomic E-state index is 13.6. The molecule has 0 unspecified atom stereocenters. The number of carbonyl (C=O) groups excluding carboxylic acids is 6. The van der Waals surface area contributed by atoms with Gasteiger partial charge in [-0.15, -0.1) is 0 Å². The van der Waals surface area contributed by atoms with E-state index in [1.54, 1.807) is 85.2 Å². The van der Waals surface area contributed by atoms with Gasteiger partial charge in [0.1, 0.15) is 46.4 Å². The fraction of sp³-hybridized carbons (Fsp3) is 0.194. The van der Waals surface area contributed by atoms with Gasteiger partial charge in [0.2, 0.25) is 0 Å². The van der Waals surface area contributed by atoms with E-state index in [-0.39, 0.29) is 30.2 Å². The Morgan fingerprint density at radius 1 is 0.308 bits per heavy atom. The Morgan fingerprint density at radius 3 is 0.946 bits per heavy atom. The van der Waals surface area contributed by atoms with Crippen molar-refractivity contribution in [3.8, 4) is 11.5 Å². The monoisotopic (exact) mass is 1740 g/mol. The van der Waals surface area contributed by atoms with E-state index in [1.165, 1.54) is 63.9 Å². The number of carbonyl (C=O) groups is 6. The summed E-state index contributed by atoms with van der Waals surface area (Å²) in [5.41, 5.74) is 25.5. The van der Waals surface area contributed by atoms with E-state index in [2.05, 4.69) is 104 Å². The molecule has 0 spiro atoms. The number of nitrogens with two attached hydrogens (primary N) is 2. The lowest BCUT2D eigenvalue weighted by Crippen LogP contribution is -2.30. The Hall–Kier alpha value is -15.3. The smallest absolute Gasteiger partial charge is 0.261 e. The zero-order chi connectivity index (χ0) is 89.9. The summed E-state index contributed by atoms with van der Waals surface area (Å²) in [5.74, 6) is 0.283. The fourth-order valence-corrected chi connectivity index (χ4v) is 15.6. The van der Waals surface area contributed by atoms with Crippen molar-refractivity contribution in [3.05, 3.63) is 422 Å². The summed E-state index contributed by atoms with van der Waals surface area (Å²) < 4.78 is 40.1. The average molecular weight is 1740 g/mol. The molecule has 0 saturated heterocycles.